The topological polar surface area (TPSA) is 63.4 Å². The fourth-order valence-electron chi connectivity index (χ4n) is 1.81. The molecule has 0 spiro atoms. The van der Waals surface area contributed by atoms with Gasteiger partial charge in [0, 0.05) is 29.9 Å². The number of nitrogens with zero attached hydrogens (tertiary/aromatic N) is 1. The van der Waals surface area contributed by atoms with Crippen molar-refractivity contribution in [2.24, 2.45) is 5.73 Å². The zero-order chi connectivity index (χ0) is 14.6. The van der Waals surface area contributed by atoms with Crippen LogP contribution in [0.3, 0.4) is 0 Å². The molecule has 0 saturated heterocycles. The molecule has 108 valence electrons. The Bertz CT molecular complexity index is 516. The molecule has 1 rings (SSSR count). The lowest BCUT2D eigenvalue weighted by Gasteiger charge is -2.28. The lowest BCUT2D eigenvalue weighted by atomic mass is 10.1. The Morgan fingerprint density at radius 1 is 1.47 bits per heavy atom. The van der Waals surface area contributed by atoms with E-state index in [4.69, 9.17) is 17.3 Å². The molecular weight excluding hydrogens is 291 g/mol. The molecular formula is C12H18ClFN2O2S. The summed E-state index contributed by atoms with van der Waals surface area (Å²) in [5, 5.41) is 0.293. The molecule has 0 aliphatic rings. The fourth-order valence-corrected chi connectivity index (χ4v) is 2.72. The van der Waals surface area contributed by atoms with Crippen molar-refractivity contribution in [1.29, 1.82) is 0 Å². The van der Waals surface area contributed by atoms with Crippen LogP contribution in [0.1, 0.15) is 11.6 Å². The Morgan fingerprint density at radius 3 is 2.58 bits per heavy atom. The van der Waals surface area contributed by atoms with Crippen LogP contribution in [-0.4, -0.2) is 45.5 Å². The number of hydrogen-bond acceptors (Lipinski definition) is 4. The maximum absolute atomic E-state index is 13.8. The Balaban J connectivity index is 2.94. The summed E-state index contributed by atoms with van der Waals surface area (Å²) in [7, 11) is -1.37. The molecule has 2 N–H and O–H groups in total. The smallest absolute Gasteiger partial charge is 0.148 e. The number of halogens is 2. The van der Waals surface area contributed by atoms with Crippen LogP contribution in [0.5, 0.6) is 0 Å². The molecule has 0 radical (unpaired) electrons. The highest BCUT2D eigenvalue weighted by atomic mass is 35.5. The van der Waals surface area contributed by atoms with Gasteiger partial charge in [0.25, 0.3) is 0 Å². The van der Waals surface area contributed by atoms with Crippen LogP contribution >= 0.6 is 11.6 Å². The molecule has 0 bridgehead atoms. The van der Waals surface area contributed by atoms with Crippen molar-refractivity contribution in [3.8, 4) is 0 Å². The summed E-state index contributed by atoms with van der Waals surface area (Å²) in [5.74, 6) is -0.444. The molecule has 0 aliphatic heterocycles. The quantitative estimate of drug-likeness (QED) is 0.864. The molecule has 4 nitrogen and oxygen atoms in total. The van der Waals surface area contributed by atoms with Gasteiger partial charge in [-0.3, -0.25) is 4.90 Å². The molecule has 1 atom stereocenters. The number of benzene rings is 1. The van der Waals surface area contributed by atoms with Gasteiger partial charge in [0.2, 0.25) is 0 Å². The maximum atomic E-state index is 13.8. The van der Waals surface area contributed by atoms with Crippen molar-refractivity contribution in [3.05, 3.63) is 34.6 Å². The summed E-state index contributed by atoms with van der Waals surface area (Å²) < 4.78 is 36.2. The summed E-state index contributed by atoms with van der Waals surface area (Å²) in [5.41, 5.74) is 5.97. The molecule has 19 heavy (non-hydrogen) atoms. The number of rotatable bonds is 6. The van der Waals surface area contributed by atoms with Crippen LogP contribution in [0.2, 0.25) is 5.02 Å². The van der Waals surface area contributed by atoms with Gasteiger partial charge in [-0.25, -0.2) is 12.8 Å². The normalized spacial score (nSPS) is 13.8. The van der Waals surface area contributed by atoms with E-state index in [-0.39, 0.29) is 18.8 Å². The first-order chi connectivity index (χ1) is 8.76. The summed E-state index contributed by atoms with van der Waals surface area (Å²) in [6.07, 6.45) is 1.16. The molecule has 0 aromatic heterocycles. The van der Waals surface area contributed by atoms with Crippen LogP contribution in [0, 0.1) is 5.82 Å². The van der Waals surface area contributed by atoms with E-state index < -0.39 is 21.7 Å². The number of hydrogen-bond donors (Lipinski definition) is 1. The van der Waals surface area contributed by atoms with Crippen LogP contribution in [0.4, 0.5) is 4.39 Å². The van der Waals surface area contributed by atoms with Crippen molar-refractivity contribution in [1.82, 2.24) is 4.90 Å². The van der Waals surface area contributed by atoms with E-state index in [1.807, 2.05) is 0 Å². The number of likely N-dealkylation sites (N-methyl/N-ethyl adjacent to an activating group) is 1. The van der Waals surface area contributed by atoms with E-state index in [9.17, 15) is 12.8 Å². The van der Waals surface area contributed by atoms with Crippen LogP contribution in [-0.2, 0) is 9.84 Å². The highest BCUT2D eigenvalue weighted by molar-refractivity contribution is 7.90. The van der Waals surface area contributed by atoms with Crippen LogP contribution < -0.4 is 5.73 Å². The van der Waals surface area contributed by atoms with Crippen molar-refractivity contribution < 1.29 is 12.8 Å². The number of nitrogens with two attached hydrogens (primary N) is 1. The first kappa shape index (κ1) is 16.4. The monoisotopic (exact) mass is 308 g/mol. The van der Waals surface area contributed by atoms with E-state index in [1.54, 1.807) is 18.0 Å². The van der Waals surface area contributed by atoms with Gasteiger partial charge in [0.1, 0.15) is 15.7 Å². The summed E-state index contributed by atoms with van der Waals surface area (Å²) >= 11 is 6.00. The van der Waals surface area contributed by atoms with Gasteiger partial charge in [-0.05, 0) is 19.2 Å². The second kappa shape index (κ2) is 6.65. The van der Waals surface area contributed by atoms with Gasteiger partial charge in [0.05, 0.1) is 11.8 Å². The van der Waals surface area contributed by atoms with E-state index in [0.717, 1.165) is 6.26 Å². The maximum Gasteiger partial charge on any atom is 0.148 e. The standard InChI is InChI=1S/C12H18ClFN2O2S/c1-16(6-7-19(2,17)18)11(8-15)12-9(13)4-3-5-10(12)14/h3-5,11H,6-8,15H2,1-2H3. The van der Waals surface area contributed by atoms with Crippen molar-refractivity contribution in [3.63, 3.8) is 0 Å². The van der Waals surface area contributed by atoms with E-state index in [1.165, 1.54) is 12.1 Å². The molecule has 1 aromatic carbocycles. The third-order valence-corrected chi connectivity index (χ3v) is 4.16. The third-order valence-electron chi connectivity index (χ3n) is 2.90. The van der Waals surface area contributed by atoms with Gasteiger partial charge in [0.15, 0.2) is 0 Å². The van der Waals surface area contributed by atoms with Gasteiger partial charge in [-0.15, -0.1) is 0 Å². The van der Waals surface area contributed by atoms with Crippen molar-refractivity contribution >= 4 is 21.4 Å². The molecule has 7 heteroatoms. The predicted molar refractivity (Wildman–Crippen MR) is 75.5 cm³/mol. The van der Waals surface area contributed by atoms with E-state index in [2.05, 4.69) is 0 Å². The molecule has 0 aliphatic carbocycles. The first-order valence-electron chi connectivity index (χ1n) is 5.78. The molecule has 0 amide bonds. The fraction of sp³-hybridized carbons (Fsp3) is 0.500. The van der Waals surface area contributed by atoms with Crippen molar-refractivity contribution in [2.45, 2.75) is 6.04 Å². The largest absolute Gasteiger partial charge is 0.329 e. The first-order valence-corrected chi connectivity index (χ1v) is 8.22. The van der Waals surface area contributed by atoms with Gasteiger partial charge in [-0.2, -0.15) is 0 Å². The highest BCUT2D eigenvalue weighted by Crippen LogP contribution is 2.28. The molecule has 1 unspecified atom stereocenters. The van der Waals surface area contributed by atoms with Gasteiger partial charge < -0.3 is 5.73 Å². The van der Waals surface area contributed by atoms with Gasteiger partial charge >= 0.3 is 0 Å². The lowest BCUT2D eigenvalue weighted by Crippen LogP contribution is -2.34. The van der Waals surface area contributed by atoms with E-state index >= 15 is 0 Å². The SMILES string of the molecule is CN(CCS(C)(=O)=O)C(CN)c1c(F)cccc1Cl. The molecule has 0 heterocycles. The van der Waals surface area contributed by atoms with Crippen LogP contribution in [0.25, 0.3) is 0 Å². The number of sulfone groups is 1. The Labute approximate surface area is 118 Å². The highest BCUT2D eigenvalue weighted by Gasteiger charge is 2.22. The lowest BCUT2D eigenvalue weighted by molar-refractivity contribution is 0.258. The Hall–Kier alpha value is -0.690. The molecule has 0 saturated carbocycles. The minimum absolute atomic E-state index is 0.00787. The second-order valence-electron chi connectivity index (χ2n) is 4.50. The molecule has 0 fully saturated rings. The zero-order valence-electron chi connectivity index (χ0n) is 10.9. The summed E-state index contributed by atoms with van der Waals surface area (Å²) in [6.45, 7) is 0.423. The Morgan fingerprint density at radius 2 is 2.11 bits per heavy atom. The van der Waals surface area contributed by atoms with Crippen molar-refractivity contribution in [2.75, 3.05) is 32.1 Å². The van der Waals surface area contributed by atoms with Crippen LogP contribution in [0.15, 0.2) is 18.2 Å². The second-order valence-corrected chi connectivity index (χ2v) is 7.16. The molecule has 1 aromatic rings. The minimum Gasteiger partial charge on any atom is -0.329 e. The third kappa shape index (κ3) is 4.72. The zero-order valence-corrected chi connectivity index (χ0v) is 12.5. The van der Waals surface area contributed by atoms with E-state index in [0.29, 0.717) is 10.6 Å². The average Bonchev–Trinajstić information content (AvgIpc) is 2.30. The predicted octanol–water partition coefficient (Wildman–Crippen LogP) is 1.46. The summed E-state index contributed by atoms with van der Waals surface area (Å²) in [6, 6.07) is 3.97. The minimum atomic E-state index is -3.07. The van der Waals surface area contributed by atoms with Gasteiger partial charge in [-0.1, -0.05) is 17.7 Å². The summed E-state index contributed by atoms with van der Waals surface area (Å²) in [4.78, 5) is 1.70. The Kier molecular flexibility index (Phi) is 5.73. The average molecular weight is 309 g/mol.